The van der Waals surface area contributed by atoms with E-state index in [4.69, 9.17) is 4.74 Å². The van der Waals surface area contributed by atoms with Gasteiger partial charge in [0.2, 0.25) is 0 Å². The van der Waals surface area contributed by atoms with Gasteiger partial charge in [0.15, 0.2) is 0 Å². The van der Waals surface area contributed by atoms with Crippen molar-refractivity contribution in [2.75, 3.05) is 7.11 Å². The van der Waals surface area contributed by atoms with Gasteiger partial charge in [-0.3, -0.25) is 0 Å². The molecule has 0 spiro atoms. The molecule has 0 N–H and O–H groups in total. The molecule has 118 valence electrons. The maximum atomic E-state index is 5.31. The molecule has 0 atom stereocenters. The second-order valence-electron chi connectivity index (χ2n) is 6.83. The Labute approximate surface area is 134 Å². The molecular weight excluding hydrogens is 268 g/mol. The molecule has 22 heavy (non-hydrogen) atoms. The number of methoxy groups -OCH3 is 1. The van der Waals surface area contributed by atoms with Crippen LogP contribution in [0.2, 0.25) is 0 Å². The summed E-state index contributed by atoms with van der Waals surface area (Å²) in [5.41, 5.74) is 1.53. The fourth-order valence-electron chi connectivity index (χ4n) is 3.90. The molecule has 1 heteroatoms. The topological polar surface area (TPSA) is 9.23 Å². The highest BCUT2D eigenvalue weighted by molar-refractivity contribution is 5.84. The van der Waals surface area contributed by atoms with Gasteiger partial charge >= 0.3 is 0 Å². The standard InChI is InChI=1S/C21H28O/c1-3-4-5-16-6-8-17(9-7-16)18-10-11-20-15-21(22-2)13-12-19(20)14-18/h10-17H,3-9H2,1-2H3. The molecule has 0 aromatic heterocycles. The predicted octanol–water partition coefficient (Wildman–Crippen LogP) is 6.31. The Kier molecular flexibility index (Phi) is 5.02. The van der Waals surface area contributed by atoms with Gasteiger partial charge in [-0.1, -0.05) is 50.5 Å². The van der Waals surface area contributed by atoms with Gasteiger partial charge in [0, 0.05) is 0 Å². The summed E-state index contributed by atoms with van der Waals surface area (Å²) in [5.74, 6) is 2.70. The third kappa shape index (κ3) is 3.45. The van der Waals surface area contributed by atoms with Crippen LogP contribution in [0.4, 0.5) is 0 Å². The highest BCUT2D eigenvalue weighted by Gasteiger charge is 2.22. The highest BCUT2D eigenvalue weighted by Crippen LogP contribution is 2.38. The van der Waals surface area contributed by atoms with E-state index in [-0.39, 0.29) is 0 Å². The summed E-state index contributed by atoms with van der Waals surface area (Å²) in [6.45, 7) is 2.30. The van der Waals surface area contributed by atoms with Crippen molar-refractivity contribution in [3.05, 3.63) is 42.0 Å². The molecule has 0 amide bonds. The van der Waals surface area contributed by atoms with Crippen molar-refractivity contribution in [3.63, 3.8) is 0 Å². The van der Waals surface area contributed by atoms with Crippen LogP contribution in [0.5, 0.6) is 5.75 Å². The Morgan fingerprint density at radius 3 is 2.41 bits per heavy atom. The van der Waals surface area contributed by atoms with E-state index >= 15 is 0 Å². The van der Waals surface area contributed by atoms with E-state index < -0.39 is 0 Å². The molecule has 1 saturated carbocycles. The number of hydrogen-bond acceptors (Lipinski definition) is 1. The monoisotopic (exact) mass is 296 g/mol. The molecule has 2 aromatic rings. The van der Waals surface area contributed by atoms with Crippen LogP contribution in [-0.2, 0) is 0 Å². The summed E-state index contributed by atoms with van der Waals surface area (Å²) in [5, 5.41) is 2.62. The average Bonchev–Trinajstić information content (AvgIpc) is 2.59. The summed E-state index contributed by atoms with van der Waals surface area (Å²) in [6.07, 6.45) is 9.78. The van der Waals surface area contributed by atoms with E-state index in [9.17, 15) is 0 Å². The molecule has 0 aliphatic heterocycles. The quantitative estimate of drug-likeness (QED) is 0.628. The minimum atomic E-state index is 0.768. The van der Waals surface area contributed by atoms with Crippen LogP contribution >= 0.6 is 0 Å². The molecule has 0 unspecified atom stereocenters. The third-order valence-electron chi connectivity index (χ3n) is 5.36. The normalized spacial score (nSPS) is 21.9. The SMILES string of the molecule is CCCCC1CCC(c2ccc3cc(OC)ccc3c2)CC1. The number of fused-ring (bicyclic) bond motifs is 1. The van der Waals surface area contributed by atoms with E-state index in [0.29, 0.717) is 0 Å². The fourth-order valence-corrected chi connectivity index (χ4v) is 3.90. The molecule has 0 heterocycles. The first-order valence-corrected chi connectivity index (χ1v) is 8.88. The summed E-state index contributed by atoms with van der Waals surface area (Å²) in [6, 6.07) is 13.4. The molecule has 1 nitrogen and oxygen atoms in total. The number of unbranched alkanes of at least 4 members (excludes halogenated alkanes) is 1. The van der Waals surface area contributed by atoms with Gasteiger partial charge in [-0.05, 0) is 66.0 Å². The van der Waals surface area contributed by atoms with Gasteiger partial charge in [-0.15, -0.1) is 0 Å². The minimum Gasteiger partial charge on any atom is -0.497 e. The zero-order chi connectivity index (χ0) is 15.4. The second-order valence-corrected chi connectivity index (χ2v) is 6.83. The van der Waals surface area contributed by atoms with E-state index in [2.05, 4.69) is 43.3 Å². The van der Waals surface area contributed by atoms with Crippen LogP contribution in [-0.4, -0.2) is 7.11 Å². The smallest absolute Gasteiger partial charge is 0.119 e. The van der Waals surface area contributed by atoms with Crippen LogP contribution in [0.3, 0.4) is 0 Å². The van der Waals surface area contributed by atoms with Crippen LogP contribution in [0.15, 0.2) is 36.4 Å². The lowest BCUT2D eigenvalue weighted by Gasteiger charge is -2.29. The Balaban J connectivity index is 1.69. The maximum absolute atomic E-state index is 5.31. The Morgan fingerprint density at radius 1 is 0.955 bits per heavy atom. The highest BCUT2D eigenvalue weighted by atomic mass is 16.5. The first-order chi connectivity index (χ1) is 10.8. The van der Waals surface area contributed by atoms with Gasteiger partial charge in [-0.2, -0.15) is 0 Å². The summed E-state index contributed by atoms with van der Waals surface area (Å²) >= 11 is 0. The van der Waals surface area contributed by atoms with Gasteiger partial charge in [0.1, 0.15) is 5.75 Å². The molecule has 3 rings (SSSR count). The zero-order valence-corrected chi connectivity index (χ0v) is 14.0. The Bertz CT molecular complexity index is 608. The van der Waals surface area contributed by atoms with E-state index in [0.717, 1.165) is 17.6 Å². The third-order valence-corrected chi connectivity index (χ3v) is 5.36. The molecule has 2 aromatic carbocycles. The van der Waals surface area contributed by atoms with Crippen molar-refractivity contribution < 1.29 is 4.74 Å². The predicted molar refractivity (Wildman–Crippen MR) is 94.7 cm³/mol. The van der Waals surface area contributed by atoms with Crippen molar-refractivity contribution in [2.24, 2.45) is 5.92 Å². The molecule has 1 aliphatic rings. The molecule has 1 aliphatic carbocycles. The molecule has 0 radical (unpaired) electrons. The van der Waals surface area contributed by atoms with Crippen LogP contribution in [0.25, 0.3) is 10.8 Å². The molecule has 0 bridgehead atoms. The number of hydrogen-bond donors (Lipinski definition) is 0. The fraction of sp³-hybridized carbons (Fsp3) is 0.524. The lowest BCUT2D eigenvalue weighted by atomic mass is 9.77. The van der Waals surface area contributed by atoms with E-state index in [1.165, 1.54) is 61.3 Å². The number of rotatable bonds is 5. The number of ether oxygens (including phenoxy) is 1. The van der Waals surface area contributed by atoms with Crippen LogP contribution in [0.1, 0.15) is 63.4 Å². The van der Waals surface area contributed by atoms with Crippen LogP contribution in [0, 0.1) is 5.92 Å². The van der Waals surface area contributed by atoms with E-state index in [1.54, 1.807) is 7.11 Å². The second kappa shape index (κ2) is 7.17. The first-order valence-electron chi connectivity index (χ1n) is 8.88. The van der Waals surface area contributed by atoms with Gasteiger partial charge < -0.3 is 4.74 Å². The van der Waals surface area contributed by atoms with E-state index in [1.807, 2.05) is 0 Å². The molecule has 0 saturated heterocycles. The van der Waals surface area contributed by atoms with Gasteiger partial charge in [-0.25, -0.2) is 0 Å². The summed E-state index contributed by atoms with van der Waals surface area (Å²) in [7, 11) is 1.73. The van der Waals surface area contributed by atoms with Gasteiger partial charge in [0.05, 0.1) is 7.11 Å². The van der Waals surface area contributed by atoms with Crippen molar-refractivity contribution in [1.29, 1.82) is 0 Å². The molecule has 1 fully saturated rings. The lowest BCUT2D eigenvalue weighted by molar-refractivity contribution is 0.304. The number of benzene rings is 2. The largest absolute Gasteiger partial charge is 0.497 e. The van der Waals surface area contributed by atoms with Gasteiger partial charge in [0.25, 0.3) is 0 Å². The average molecular weight is 296 g/mol. The Hall–Kier alpha value is -1.50. The van der Waals surface area contributed by atoms with Crippen molar-refractivity contribution in [3.8, 4) is 5.75 Å². The summed E-state index contributed by atoms with van der Waals surface area (Å²) < 4.78 is 5.31. The van der Waals surface area contributed by atoms with Crippen molar-refractivity contribution in [1.82, 2.24) is 0 Å². The summed E-state index contributed by atoms with van der Waals surface area (Å²) in [4.78, 5) is 0. The minimum absolute atomic E-state index is 0.768. The lowest BCUT2D eigenvalue weighted by Crippen LogP contribution is -2.13. The zero-order valence-electron chi connectivity index (χ0n) is 14.0. The maximum Gasteiger partial charge on any atom is 0.119 e. The molecular formula is C21H28O. The first kappa shape index (κ1) is 15.4. The van der Waals surface area contributed by atoms with Crippen molar-refractivity contribution >= 4 is 10.8 Å². The van der Waals surface area contributed by atoms with Crippen LogP contribution < -0.4 is 4.74 Å². The van der Waals surface area contributed by atoms with Crippen molar-refractivity contribution in [2.45, 2.75) is 57.8 Å². The Morgan fingerprint density at radius 2 is 1.68 bits per heavy atom.